The van der Waals surface area contributed by atoms with Crippen LogP contribution in [0.25, 0.3) is 10.8 Å². The molecule has 0 aliphatic rings. The summed E-state index contributed by atoms with van der Waals surface area (Å²) in [6.07, 6.45) is 0. The molecule has 0 unspecified atom stereocenters. The van der Waals surface area contributed by atoms with Crippen molar-refractivity contribution in [3.8, 4) is 0 Å². The van der Waals surface area contributed by atoms with Crippen molar-refractivity contribution in [2.45, 2.75) is 32.2 Å². The lowest BCUT2D eigenvalue weighted by Crippen LogP contribution is -2.30. The number of amides is 1. The van der Waals surface area contributed by atoms with Crippen molar-refractivity contribution in [3.63, 3.8) is 0 Å². The molecule has 1 aromatic heterocycles. The van der Waals surface area contributed by atoms with Crippen LogP contribution in [0, 0.1) is 20.8 Å². The number of rotatable bonds is 5. The van der Waals surface area contributed by atoms with E-state index in [1.165, 1.54) is 20.2 Å². The summed E-state index contributed by atoms with van der Waals surface area (Å²) < 4.78 is 27.2. The molecule has 0 saturated heterocycles. The van der Waals surface area contributed by atoms with Crippen LogP contribution in [0.15, 0.2) is 46.1 Å². The van der Waals surface area contributed by atoms with Gasteiger partial charge in [0.05, 0.1) is 16.0 Å². The Bertz CT molecular complexity index is 1310. The van der Waals surface area contributed by atoms with Crippen LogP contribution in [-0.2, 0) is 21.4 Å². The largest absolute Gasteiger partial charge is 0.324 e. The first-order chi connectivity index (χ1) is 14.0. The second kappa shape index (κ2) is 8.00. The molecule has 3 aromatic rings. The van der Waals surface area contributed by atoms with Gasteiger partial charge in [0, 0.05) is 25.2 Å². The van der Waals surface area contributed by atoms with Crippen molar-refractivity contribution >= 4 is 32.4 Å². The Labute approximate surface area is 175 Å². The van der Waals surface area contributed by atoms with Crippen molar-refractivity contribution in [1.82, 2.24) is 14.1 Å². The summed E-state index contributed by atoms with van der Waals surface area (Å²) in [5, 5.41) is 8.20. The SMILES string of the molecule is Cc1cc(S(=O)(=O)N(C)C)cc(NC(=O)Cn2nc(C)c3ccccc3c2=O)c1C. The zero-order valence-electron chi connectivity index (χ0n) is 17.6. The lowest BCUT2D eigenvalue weighted by Gasteiger charge is -2.16. The van der Waals surface area contributed by atoms with Gasteiger partial charge in [-0.25, -0.2) is 17.4 Å². The minimum absolute atomic E-state index is 0.0859. The molecule has 0 aliphatic carbocycles. The van der Waals surface area contributed by atoms with Gasteiger partial charge in [0.2, 0.25) is 15.9 Å². The number of fused-ring (bicyclic) bond motifs is 1. The number of hydrogen-bond donors (Lipinski definition) is 1. The van der Waals surface area contributed by atoms with Crippen molar-refractivity contribution in [3.05, 3.63) is 63.6 Å². The standard InChI is InChI=1S/C21H24N4O4S/c1-13-10-16(30(28,29)24(4)5)11-19(14(13)2)22-20(26)12-25-21(27)18-9-7-6-8-17(18)15(3)23-25/h6-11H,12H2,1-5H3,(H,22,26). The van der Waals surface area contributed by atoms with Crippen LogP contribution in [0.1, 0.15) is 16.8 Å². The zero-order valence-corrected chi connectivity index (χ0v) is 18.4. The number of carbonyl (C=O) groups excluding carboxylic acids is 1. The lowest BCUT2D eigenvalue weighted by atomic mass is 10.1. The van der Waals surface area contributed by atoms with E-state index in [1.54, 1.807) is 39.0 Å². The van der Waals surface area contributed by atoms with Gasteiger partial charge in [-0.1, -0.05) is 18.2 Å². The smallest absolute Gasteiger partial charge is 0.275 e. The highest BCUT2D eigenvalue weighted by Gasteiger charge is 2.20. The summed E-state index contributed by atoms with van der Waals surface area (Å²) in [7, 11) is -0.761. The van der Waals surface area contributed by atoms with Gasteiger partial charge in [0.15, 0.2) is 0 Å². The Balaban J connectivity index is 1.94. The van der Waals surface area contributed by atoms with E-state index >= 15 is 0 Å². The fourth-order valence-electron chi connectivity index (χ4n) is 3.15. The number of aryl methyl sites for hydroxylation is 2. The molecule has 1 N–H and O–H groups in total. The maximum atomic E-state index is 12.7. The summed E-state index contributed by atoms with van der Waals surface area (Å²) in [4.78, 5) is 25.4. The number of carbonyl (C=O) groups is 1. The molecule has 3 rings (SSSR count). The molecular weight excluding hydrogens is 404 g/mol. The van der Waals surface area contributed by atoms with E-state index in [1.807, 2.05) is 12.1 Å². The van der Waals surface area contributed by atoms with E-state index in [2.05, 4.69) is 10.4 Å². The summed E-state index contributed by atoms with van der Waals surface area (Å²) in [5.74, 6) is -0.471. The molecule has 0 bridgehead atoms. The van der Waals surface area contributed by atoms with Crippen molar-refractivity contribution in [2.24, 2.45) is 0 Å². The minimum atomic E-state index is -3.66. The van der Waals surface area contributed by atoms with Crippen LogP contribution in [0.3, 0.4) is 0 Å². The van der Waals surface area contributed by atoms with Gasteiger partial charge in [0.25, 0.3) is 5.56 Å². The molecule has 0 atom stereocenters. The molecular formula is C21H24N4O4S. The van der Waals surface area contributed by atoms with Gasteiger partial charge in [0.1, 0.15) is 6.54 Å². The molecule has 9 heteroatoms. The molecule has 158 valence electrons. The highest BCUT2D eigenvalue weighted by molar-refractivity contribution is 7.89. The van der Waals surface area contributed by atoms with Crippen LogP contribution in [-0.4, -0.2) is 42.5 Å². The fourth-order valence-corrected chi connectivity index (χ4v) is 4.17. The first-order valence-electron chi connectivity index (χ1n) is 9.32. The summed E-state index contributed by atoms with van der Waals surface area (Å²) in [6, 6.07) is 10.1. The second-order valence-electron chi connectivity index (χ2n) is 7.34. The highest BCUT2D eigenvalue weighted by atomic mass is 32.2. The summed E-state index contributed by atoms with van der Waals surface area (Å²) in [5.41, 5.74) is 2.14. The van der Waals surface area contributed by atoms with Crippen LogP contribution >= 0.6 is 0 Å². The van der Waals surface area contributed by atoms with Gasteiger partial charge in [-0.15, -0.1) is 0 Å². The van der Waals surface area contributed by atoms with Gasteiger partial charge in [-0.05, 0) is 50.1 Å². The fraction of sp³-hybridized carbons (Fsp3) is 0.286. The monoisotopic (exact) mass is 428 g/mol. The van der Waals surface area contributed by atoms with Gasteiger partial charge in [-0.3, -0.25) is 9.59 Å². The molecule has 30 heavy (non-hydrogen) atoms. The lowest BCUT2D eigenvalue weighted by molar-refractivity contribution is -0.117. The Morgan fingerprint density at radius 1 is 1.10 bits per heavy atom. The Hall–Kier alpha value is -3.04. The maximum Gasteiger partial charge on any atom is 0.275 e. The van der Waals surface area contributed by atoms with Crippen molar-refractivity contribution < 1.29 is 13.2 Å². The molecule has 1 amide bonds. The molecule has 0 aliphatic heterocycles. The van der Waals surface area contributed by atoms with E-state index in [4.69, 9.17) is 0 Å². The zero-order chi connectivity index (χ0) is 22.2. The Morgan fingerprint density at radius 3 is 2.37 bits per heavy atom. The minimum Gasteiger partial charge on any atom is -0.324 e. The average Bonchev–Trinajstić information content (AvgIpc) is 2.69. The number of benzene rings is 2. The third-order valence-electron chi connectivity index (χ3n) is 5.04. The highest BCUT2D eigenvalue weighted by Crippen LogP contribution is 2.25. The number of nitrogens with zero attached hydrogens (tertiary/aromatic N) is 3. The Kier molecular flexibility index (Phi) is 5.78. The van der Waals surface area contributed by atoms with E-state index in [0.29, 0.717) is 16.8 Å². The first-order valence-corrected chi connectivity index (χ1v) is 10.8. The van der Waals surface area contributed by atoms with Gasteiger partial charge >= 0.3 is 0 Å². The number of sulfonamides is 1. The molecule has 1 heterocycles. The van der Waals surface area contributed by atoms with Gasteiger partial charge in [-0.2, -0.15) is 5.10 Å². The first kappa shape index (κ1) is 21.7. The summed E-state index contributed by atoms with van der Waals surface area (Å²) >= 11 is 0. The van der Waals surface area contributed by atoms with Crippen molar-refractivity contribution in [2.75, 3.05) is 19.4 Å². The maximum absolute atomic E-state index is 12.7. The summed E-state index contributed by atoms with van der Waals surface area (Å²) in [6.45, 7) is 5.06. The van der Waals surface area contributed by atoms with E-state index in [9.17, 15) is 18.0 Å². The van der Waals surface area contributed by atoms with E-state index in [0.717, 1.165) is 25.5 Å². The molecule has 0 spiro atoms. The van der Waals surface area contributed by atoms with Crippen LogP contribution in [0.2, 0.25) is 0 Å². The van der Waals surface area contributed by atoms with Crippen molar-refractivity contribution in [1.29, 1.82) is 0 Å². The number of hydrogen-bond acceptors (Lipinski definition) is 5. The number of anilines is 1. The number of aromatic nitrogens is 2. The number of nitrogens with one attached hydrogen (secondary N) is 1. The molecule has 0 radical (unpaired) electrons. The van der Waals surface area contributed by atoms with Gasteiger partial charge < -0.3 is 5.32 Å². The average molecular weight is 429 g/mol. The molecule has 0 saturated carbocycles. The topological polar surface area (TPSA) is 101 Å². The van der Waals surface area contributed by atoms with Crippen LogP contribution < -0.4 is 10.9 Å². The predicted molar refractivity (Wildman–Crippen MR) is 116 cm³/mol. The molecule has 2 aromatic carbocycles. The van der Waals surface area contributed by atoms with Crippen LogP contribution in [0.4, 0.5) is 5.69 Å². The normalized spacial score (nSPS) is 11.8. The second-order valence-corrected chi connectivity index (χ2v) is 9.49. The van der Waals surface area contributed by atoms with E-state index in [-0.39, 0.29) is 17.0 Å². The molecule has 0 fully saturated rings. The predicted octanol–water partition coefficient (Wildman–Crippen LogP) is 2.21. The quantitative estimate of drug-likeness (QED) is 0.671. The third-order valence-corrected chi connectivity index (χ3v) is 6.83. The Morgan fingerprint density at radius 2 is 1.73 bits per heavy atom. The van der Waals surface area contributed by atoms with E-state index < -0.39 is 15.9 Å². The molecule has 8 nitrogen and oxygen atoms in total. The van der Waals surface area contributed by atoms with Crippen LogP contribution in [0.5, 0.6) is 0 Å². The third kappa shape index (κ3) is 3.99.